The molecule has 21 heavy (non-hydrogen) atoms. The lowest BCUT2D eigenvalue weighted by Gasteiger charge is -2.17. The van der Waals surface area contributed by atoms with Crippen LogP contribution in [0.1, 0.15) is 5.56 Å². The monoisotopic (exact) mass is 291 g/mol. The van der Waals surface area contributed by atoms with Crippen LogP contribution < -0.4 is 10.6 Å². The van der Waals surface area contributed by atoms with Crippen LogP contribution in [0, 0.1) is 11.3 Å². The molecule has 3 N–H and O–H groups in total. The van der Waals surface area contributed by atoms with Crippen molar-refractivity contribution in [2.24, 2.45) is 0 Å². The van der Waals surface area contributed by atoms with Crippen molar-refractivity contribution in [3.05, 3.63) is 29.8 Å². The maximum absolute atomic E-state index is 11.9. The van der Waals surface area contributed by atoms with E-state index in [1.54, 1.807) is 18.2 Å². The van der Waals surface area contributed by atoms with E-state index < -0.39 is 17.9 Å². The average Bonchev–Trinajstić information content (AvgIpc) is 2.46. The van der Waals surface area contributed by atoms with E-state index in [2.05, 4.69) is 10.6 Å². The van der Waals surface area contributed by atoms with Gasteiger partial charge < -0.3 is 20.5 Å². The number of carbonyl (C=O) groups excluding carboxylic acids is 2. The van der Waals surface area contributed by atoms with Crippen molar-refractivity contribution in [2.45, 2.75) is 12.5 Å². The van der Waals surface area contributed by atoms with Gasteiger partial charge in [0.1, 0.15) is 24.9 Å². The number of nitriles is 1. The van der Waals surface area contributed by atoms with Crippen LogP contribution in [-0.2, 0) is 20.7 Å². The van der Waals surface area contributed by atoms with E-state index in [0.29, 0.717) is 0 Å². The third kappa shape index (κ3) is 5.93. The number of nitrogens with zero attached hydrogens (tertiary/aromatic N) is 1. The maximum Gasteiger partial charge on any atom is 0.246 e. The smallest absolute Gasteiger partial charge is 0.246 e. The fourth-order valence-corrected chi connectivity index (χ4v) is 1.69. The second kappa shape index (κ2) is 8.55. The number of phenolic OH excluding ortho intramolecular Hbond substituents is 1. The summed E-state index contributed by atoms with van der Waals surface area (Å²) in [5.74, 6) is -0.755. The molecule has 112 valence electrons. The van der Waals surface area contributed by atoms with Crippen molar-refractivity contribution in [3.63, 3.8) is 0 Å². The number of ether oxygens (including phenoxy) is 1. The topological polar surface area (TPSA) is 111 Å². The zero-order chi connectivity index (χ0) is 15.7. The van der Waals surface area contributed by atoms with E-state index in [0.717, 1.165) is 5.56 Å². The Morgan fingerprint density at radius 2 is 2.05 bits per heavy atom. The molecule has 0 bridgehead atoms. The highest BCUT2D eigenvalue weighted by atomic mass is 16.5. The molecular weight excluding hydrogens is 274 g/mol. The van der Waals surface area contributed by atoms with E-state index in [4.69, 9.17) is 10.00 Å². The molecule has 0 radical (unpaired) electrons. The van der Waals surface area contributed by atoms with Gasteiger partial charge in [0.2, 0.25) is 11.8 Å². The molecule has 0 saturated carbocycles. The van der Waals surface area contributed by atoms with E-state index >= 15 is 0 Å². The highest BCUT2D eigenvalue weighted by Gasteiger charge is 2.20. The third-order valence-corrected chi connectivity index (χ3v) is 2.64. The lowest BCUT2D eigenvalue weighted by Crippen LogP contribution is -2.49. The SMILES string of the molecule is COCC(=O)NC(Cc1ccc(O)cc1)C(=O)NCC#N. The number of methoxy groups -OCH3 is 1. The molecule has 2 amide bonds. The Labute approximate surface area is 122 Å². The number of nitrogens with one attached hydrogen (secondary N) is 2. The van der Waals surface area contributed by atoms with Crippen LogP contribution in [0.2, 0.25) is 0 Å². The standard InChI is InChI=1S/C14H17N3O4/c1-21-9-13(19)17-12(14(20)16-7-6-15)8-10-2-4-11(18)5-3-10/h2-5,12,18H,7-9H2,1H3,(H,16,20)(H,17,19). The summed E-state index contributed by atoms with van der Waals surface area (Å²) >= 11 is 0. The number of amides is 2. The minimum Gasteiger partial charge on any atom is -0.508 e. The lowest BCUT2D eigenvalue weighted by molar-refractivity contribution is -0.130. The molecule has 1 aromatic rings. The summed E-state index contributed by atoms with van der Waals surface area (Å²) in [6.07, 6.45) is 0.243. The number of rotatable bonds is 7. The van der Waals surface area contributed by atoms with Crippen LogP contribution in [0.25, 0.3) is 0 Å². The Morgan fingerprint density at radius 3 is 2.62 bits per heavy atom. The second-order valence-electron chi connectivity index (χ2n) is 4.30. The summed E-state index contributed by atoms with van der Waals surface area (Å²) in [5.41, 5.74) is 0.766. The number of phenols is 1. The molecule has 0 aliphatic heterocycles. The maximum atomic E-state index is 11.9. The molecule has 1 unspecified atom stereocenters. The minimum absolute atomic E-state index is 0.118. The van der Waals surface area contributed by atoms with Crippen molar-refractivity contribution in [1.82, 2.24) is 10.6 Å². The molecule has 1 aromatic carbocycles. The number of hydrogen-bond acceptors (Lipinski definition) is 5. The molecule has 1 rings (SSSR count). The van der Waals surface area contributed by atoms with Crippen molar-refractivity contribution in [1.29, 1.82) is 5.26 Å². The number of aromatic hydroxyl groups is 1. The zero-order valence-corrected chi connectivity index (χ0v) is 11.6. The number of hydrogen-bond donors (Lipinski definition) is 3. The third-order valence-electron chi connectivity index (χ3n) is 2.64. The molecule has 0 aliphatic carbocycles. The van der Waals surface area contributed by atoms with Crippen LogP contribution in [0.5, 0.6) is 5.75 Å². The molecule has 0 spiro atoms. The Kier molecular flexibility index (Phi) is 6.71. The molecule has 0 aliphatic rings. The fraction of sp³-hybridized carbons (Fsp3) is 0.357. The van der Waals surface area contributed by atoms with Gasteiger partial charge in [0.25, 0.3) is 0 Å². The zero-order valence-electron chi connectivity index (χ0n) is 11.6. The molecule has 1 atom stereocenters. The minimum atomic E-state index is -0.814. The average molecular weight is 291 g/mol. The molecule has 0 heterocycles. The predicted octanol–water partition coefficient (Wildman–Crippen LogP) is -0.294. The molecule has 0 aromatic heterocycles. The van der Waals surface area contributed by atoms with Crippen molar-refractivity contribution >= 4 is 11.8 Å². The Bertz CT molecular complexity index is 522. The summed E-state index contributed by atoms with van der Waals surface area (Å²) in [4.78, 5) is 23.5. The van der Waals surface area contributed by atoms with Gasteiger partial charge in [0.05, 0.1) is 6.07 Å². The van der Waals surface area contributed by atoms with Gasteiger partial charge in [-0.15, -0.1) is 0 Å². The molecular formula is C14H17N3O4. The molecule has 7 nitrogen and oxygen atoms in total. The Morgan fingerprint density at radius 1 is 1.38 bits per heavy atom. The van der Waals surface area contributed by atoms with E-state index in [1.807, 2.05) is 0 Å². The molecule has 0 saturated heterocycles. The van der Waals surface area contributed by atoms with Crippen molar-refractivity contribution in [3.8, 4) is 11.8 Å². The highest BCUT2D eigenvalue weighted by Crippen LogP contribution is 2.11. The van der Waals surface area contributed by atoms with Crippen molar-refractivity contribution < 1.29 is 19.4 Å². The predicted molar refractivity (Wildman–Crippen MR) is 74.2 cm³/mol. The first-order valence-electron chi connectivity index (χ1n) is 6.27. The summed E-state index contributed by atoms with van der Waals surface area (Å²) in [6, 6.07) is 7.29. The molecule has 7 heteroatoms. The van der Waals surface area contributed by atoms with Crippen LogP contribution >= 0.6 is 0 Å². The van der Waals surface area contributed by atoms with Gasteiger partial charge in [-0.25, -0.2) is 0 Å². The summed E-state index contributed by atoms with van der Waals surface area (Å²) in [5, 5.41) is 22.7. The first-order chi connectivity index (χ1) is 10.1. The van der Waals surface area contributed by atoms with Crippen molar-refractivity contribution in [2.75, 3.05) is 20.3 Å². The number of carbonyl (C=O) groups is 2. The van der Waals surface area contributed by atoms with Gasteiger partial charge in [-0.2, -0.15) is 5.26 Å². The first-order valence-corrected chi connectivity index (χ1v) is 6.27. The quantitative estimate of drug-likeness (QED) is 0.597. The summed E-state index contributed by atoms with van der Waals surface area (Å²) in [7, 11) is 1.38. The fourth-order valence-electron chi connectivity index (χ4n) is 1.69. The largest absolute Gasteiger partial charge is 0.508 e. The Hall–Kier alpha value is -2.59. The van der Waals surface area contributed by atoms with Crippen LogP contribution in [0.4, 0.5) is 0 Å². The Balaban J connectivity index is 2.75. The van der Waals surface area contributed by atoms with Crippen LogP contribution in [-0.4, -0.2) is 43.2 Å². The van der Waals surface area contributed by atoms with Crippen LogP contribution in [0.3, 0.4) is 0 Å². The van der Waals surface area contributed by atoms with Gasteiger partial charge in [0.15, 0.2) is 0 Å². The van der Waals surface area contributed by atoms with Gasteiger partial charge in [-0.05, 0) is 17.7 Å². The van der Waals surface area contributed by atoms with Crippen LogP contribution in [0.15, 0.2) is 24.3 Å². The van der Waals surface area contributed by atoms with Gasteiger partial charge in [-0.3, -0.25) is 9.59 Å². The van der Waals surface area contributed by atoms with E-state index in [9.17, 15) is 14.7 Å². The van der Waals surface area contributed by atoms with E-state index in [1.165, 1.54) is 19.2 Å². The van der Waals surface area contributed by atoms with Gasteiger partial charge in [0, 0.05) is 13.5 Å². The highest BCUT2D eigenvalue weighted by molar-refractivity contribution is 5.88. The first kappa shape index (κ1) is 16.5. The molecule has 0 fully saturated rings. The summed E-state index contributed by atoms with van der Waals surface area (Å²) < 4.78 is 4.70. The summed E-state index contributed by atoms with van der Waals surface area (Å²) in [6.45, 7) is -0.289. The number of benzene rings is 1. The van der Waals surface area contributed by atoms with Gasteiger partial charge in [-0.1, -0.05) is 12.1 Å². The lowest BCUT2D eigenvalue weighted by atomic mass is 10.0. The van der Waals surface area contributed by atoms with E-state index in [-0.39, 0.29) is 25.3 Å². The normalized spacial score (nSPS) is 11.2. The van der Waals surface area contributed by atoms with Gasteiger partial charge >= 0.3 is 0 Å². The second-order valence-corrected chi connectivity index (χ2v) is 4.30.